The number of nitrogens with zero attached hydrogens (tertiary/aromatic N) is 1. The van der Waals surface area contributed by atoms with Crippen LogP contribution in [-0.2, 0) is 4.79 Å². The monoisotopic (exact) mass is 318 g/mol. The molecule has 0 aromatic heterocycles. The topological polar surface area (TPSA) is 59.9 Å². The molecule has 0 radical (unpaired) electrons. The van der Waals surface area contributed by atoms with Gasteiger partial charge in [-0.05, 0) is 42.0 Å². The van der Waals surface area contributed by atoms with E-state index in [1.807, 2.05) is 6.07 Å². The van der Waals surface area contributed by atoms with Gasteiger partial charge >= 0.3 is 0 Å². The van der Waals surface area contributed by atoms with E-state index < -0.39 is 0 Å². The molecule has 0 saturated heterocycles. The van der Waals surface area contributed by atoms with Gasteiger partial charge in [-0.15, -0.1) is 0 Å². The highest BCUT2D eigenvalue weighted by molar-refractivity contribution is 6.30. The van der Waals surface area contributed by atoms with Crippen LogP contribution in [0.25, 0.3) is 0 Å². The lowest BCUT2D eigenvalue weighted by Gasteiger charge is -2.05. The summed E-state index contributed by atoms with van der Waals surface area (Å²) in [6.45, 7) is -0.126. The van der Waals surface area contributed by atoms with E-state index in [0.29, 0.717) is 10.8 Å². The SMILES string of the molecule is COc1ccc(OCC(=O)N/N=C\c2cccc(Cl)c2)cc1. The summed E-state index contributed by atoms with van der Waals surface area (Å²) in [5.74, 6) is 0.951. The fraction of sp³-hybridized carbons (Fsp3) is 0.125. The molecule has 114 valence electrons. The Morgan fingerprint density at radius 2 is 1.95 bits per heavy atom. The fourth-order valence-electron chi connectivity index (χ4n) is 1.62. The zero-order valence-electron chi connectivity index (χ0n) is 12.0. The predicted octanol–water partition coefficient (Wildman–Crippen LogP) is 2.88. The van der Waals surface area contributed by atoms with Gasteiger partial charge in [-0.1, -0.05) is 23.7 Å². The number of methoxy groups -OCH3 is 1. The summed E-state index contributed by atoms with van der Waals surface area (Å²) in [4.78, 5) is 11.6. The third-order valence-corrected chi connectivity index (χ3v) is 2.92. The Bertz CT molecular complexity index is 657. The Hall–Kier alpha value is -2.53. The van der Waals surface area contributed by atoms with E-state index in [-0.39, 0.29) is 12.5 Å². The number of hydrogen-bond acceptors (Lipinski definition) is 4. The summed E-state index contributed by atoms with van der Waals surface area (Å²) >= 11 is 5.85. The number of ether oxygens (including phenoxy) is 2. The summed E-state index contributed by atoms with van der Waals surface area (Å²) in [7, 11) is 1.58. The Labute approximate surface area is 133 Å². The maximum atomic E-state index is 11.6. The first-order valence-electron chi connectivity index (χ1n) is 6.52. The zero-order valence-corrected chi connectivity index (χ0v) is 12.7. The number of amides is 1. The normalized spacial score (nSPS) is 10.5. The summed E-state index contributed by atoms with van der Waals surface area (Å²) in [6, 6.07) is 14.1. The second-order valence-electron chi connectivity index (χ2n) is 4.31. The molecule has 2 aromatic rings. The average molecular weight is 319 g/mol. The number of halogens is 1. The van der Waals surface area contributed by atoms with Gasteiger partial charge in [0.2, 0.25) is 0 Å². The molecule has 0 saturated carbocycles. The van der Waals surface area contributed by atoms with E-state index >= 15 is 0 Å². The number of benzene rings is 2. The van der Waals surface area contributed by atoms with E-state index in [0.717, 1.165) is 11.3 Å². The largest absolute Gasteiger partial charge is 0.497 e. The van der Waals surface area contributed by atoms with Gasteiger partial charge < -0.3 is 9.47 Å². The first-order valence-corrected chi connectivity index (χ1v) is 6.89. The van der Waals surface area contributed by atoms with Crippen molar-refractivity contribution in [2.45, 2.75) is 0 Å². The molecule has 6 heteroatoms. The molecule has 2 rings (SSSR count). The number of carbonyl (C=O) groups is 1. The van der Waals surface area contributed by atoms with Crippen molar-refractivity contribution in [2.75, 3.05) is 13.7 Å². The van der Waals surface area contributed by atoms with Crippen molar-refractivity contribution in [3.63, 3.8) is 0 Å². The summed E-state index contributed by atoms with van der Waals surface area (Å²) in [5, 5.41) is 4.45. The van der Waals surface area contributed by atoms with Crippen LogP contribution < -0.4 is 14.9 Å². The number of nitrogens with one attached hydrogen (secondary N) is 1. The molecular weight excluding hydrogens is 304 g/mol. The van der Waals surface area contributed by atoms with Crippen LogP contribution in [0.2, 0.25) is 5.02 Å². The molecule has 5 nitrogen and oxygen atoms in total. The maximum Gasteiger partial charge on any atom is 0.277 e. The van der Waals surface area contributed by atoms with Crippen LogP contribution in [-0.4, -0.2) is 25.8 Å². The molecule has 0 bridgehead atoms. The van der Waals surface area contributed by atoms with Gasteiger partial charge in [0.15, 0.2) is 6.61 Å². The average Bonchev–Trinajstić information content (AvgIpc) is 2.53. The quantitative estimate of drug-likeness (QED) is 0.658. The minimum absolute atomic E-state index is 0.126. The molecular formula is C16H15ClN2O3. The number of hydrazone groups is 1. The van der Waals surface area contributed by atoms with Crippen molar-refractivity contribution in [2.24, 2.45) is 5.10 Å². The fourth-order valence-corrected chi connectivity index (χ4v) is 1.82. The first-order chi connectivity index (χ1) is 10.7. The standard InChI is InChI=1S/C16H15ClN2O3/c1-21-14-5-7-15(8-6-14)22-11-16(20)19-18-10-12-3-2-4-13(17)9-12/h2-10H,11H2,1H3,(H,19,20)/b18-10-. The van der Waals surface area contributed by atoms with Gasteiger partial charge in [-0.3, -0.25) is 4.79 Å². The Morgan fingerprint density at radius 1 is 1.23 bits per heavy atom. The Balaban J connectivity index is 1.77. The lowest BCUT2D eigenvalue weighted by Crippen LogP contribution is -2.24. The van der Waals surface area contributed by atoms with Gasteiger partial charge in [0.25, 0.3) is 5.91 Å². The van der Waals surface area contributed by atoms with Crippen molar-refractivity contribution in [3.8, 4) is 11.5 Å². The molecule has 0 fully saturated rings. The molecule has 0 unspecified atom stereocenters. The molecule has 0 aliphatic heterocycles. The highest BCUT2D eigenvalue weighted by Gasteiger charge is 2.01. The molecule has 0 aliphatic carbocycles. The van der Waals surface area contributed by atoms with Crippen molar-refractivity contribution < 1.29 is 14.3 Å². The summed E-state index contributed by atoms with van der Waals surface area (Å²) in [6.07, 6.45) is 1.51. The Morgan fingerprint density at radius 3 is 2.64 bits per heavy atom. The molecule has 0 spiro atoms. The molecule has 1 amide bonds. The van der Waals surface area contributed by atoms with Crippen LogP contribution >= 0.6 is 11.6 Å². The van der Waals surface area contributed by atoms with Crippen LogP contribution in [0, 0.1) is 0 Å². The van der Waals surface area contributed by atoms with Crippen LogP contribution in [0.3, 0.4) is 0 Å². The van der Waals surface area contributed by atoms with Gasteiger partial charge in [0.1, 0.15) is 11.5 Å². The van der Waals surface area contributed by atoms with Gasteiger partial charge in [0, 0.05) is 5.02 Å². The van der Waals surface area contributed by atoms with Crippen LogP contribution in [0.1, 0.15) is 5.56 Å². The second-order valence-corrected chi connectivity index (χ2v) is 4.75. The van der Waals surface area contributed by atoms with E-state index in [1.54, 1.807) is 49.6 Å². The van der Waals surface area contributed by atoms with Gasteiger partial charge in [-0.25, -0.2) is 5.43 Å². The Kier molecular flexibility index (Phi) is 5.80. The molecule has 1 N–H and O–H groups in total. The second kappa shape index (κ2) is 8.05. The third kappa shape index (κ3) is 5.10. The third-order valence-electron chi connectivity index (χ3n) is 2.68. The number of rotatable bonds is 6. The lowest BCUT2D eigenvalue weighted by atomic mass is 10.2. The molecule has 2 aromatic carbocycles. The minimum Gasteiger partial charge on any atom is -0.497 e. The van der Waals surface area contributed by atoms with E-state index in [1.165, 1.54) is 6.21 Å². The summed E-state index contributed by atoms with van der Waals surface area (Å²) in [5.41, 5.74) is 3.18. The first kappa shape index (κ1) is 15.9. The predicted molar refractivity (Wildman–Crippen MR) is 85.7 cm³/mol. The van der Waals surface area contributed by atoms with Crippen molar-refractivity contribution in [1.82, 2.24) is 5.43 Å². The highest BCUT2D eigenvalue weighted by atomic mass is 35.5. The van der Waals surface area contributed by atoms with Crippen LogP contribution in [0.4, 0.5) is 0 Å². The van der Waals surface area contributed by atoms with E-state index in [9.17, 15) is 4.79 Å². The van der Waals surface area contributed by atoms with E-state index in [4.69, 9.17) is 21.1 Å². The van der Waals surface area contributed by atoms with E-state index in [2.05, 4.69) is 10.5 Å². The highest BCUT2D eigenvalue weighted by Crippen LogP contribution is 2.16. The van der Waals surface area contributed by atoms with Gasteiger partial charge in [-0.2, -0.15) is 5.10 Å². The molecule has 0 atom stereocenters. The van der Waals surface area contributed by atoms with Crippen molar-refractivity contribution >= 4 is 23.7 Å². The number of carbonyl (C=O) groups excluding carboxylic acids is 1. The van der Waals surface area contributed by atoms with Gasteiger partial charge in [0.05, 0.1) is 13.3 Å². The van der Waals surface area contributed by atoms with Crippen molar-refractivity contribution in [1.29, 1.82) is 0 Å². The summed E-state index contributed by atoms with van der Waals surface area (Å²) < 4.78 is 10.4. The van der Waals surface area contributed by atoms with Crippen molar-refractivity contribution in [3.05, 3.63) is 59.1 Å². The molecule has 0 heterocycles. The molecule has 0 aliphatic rings. The number of hydrogen-bond donors (Lipinski definition) is 1. The maximum absolute atomic E-state index is 11.6. The minimum atomic E-state index is -0.353. The smallest absolute Gasteiger partial charge is 0.277 e. The molecule has 22 heavy (non-hydrogen) atoms. The van der Waals surface area contributed by atoms with Crippen LogP contribution in [0.5, 0.6) is 11.5 Å². The van der Waals surface area contributed by atoms with Crippen LogP contribution in [0.15, 0.2) is 53.6 Å². The lowest BCUT2D eigenvalue weighted by molar-refractivity contribution is -0.123. The zero-order chi connectivity index (χ0) is 15.8.